The Morgan fingerprint density at radius 2 is 1.68 bits per heavy atom. The second-order valence-corrected chi connectivity index (χ2v) is 8.57. The number of piperidine rings is 1. The highest BCUT2D eigenvalue weighted by Gasteiger charge is 2.37. The summed E-state index contributed by atoms with van der Waals surface area (Å²) in [6.07, 6.45) is 6.41. The molecule has 0 unspecified atom stereocenters. The van der Waals surface area contributed by atoms with Crippen LogP contribution in [0.3, 0.4) is 0 Å². The third kappa shape index (κ3) is 4.54. The molecule has 8 heteroatoms. The van der Waals surface area contributed by atoms with Crippen LogP contribution in [0.4, 0.5) is 19.0 Å². The standard InChI is InChI=1S/C20H22F3N3OS/c21-20(22,23)27-15-5-1-2-6-16(15)28-18-14-24-17(13-25-18)26-11-9-19(10-12-26)7-3-4-8-19/h1-2,5-6,13-14H,3-4,7-12H2. The summed E-state index contributed by atoms with van der Waals surface area (Å²) in [5.41, 5.74) is 0.544. The fourth-order valence-electron chi connectivity index (χ4n) is 4.22. The van der Waals surface area contributed by atoms with Gasteiger partial charge in [-0.05, 0) is 43.2 Å². The third-order valence-corrected chi connectivity index (χ3v) is 6.69. The van der Waals surface area contributed by atoms with E-state index < -0.39 is 6.36 Å². The van der Waals surface area contributed by atoms with Crippen molar-refractivity contribution < 1.29 is 17.9 Å². The smallest absolute Gasteiger partial charge is 0.405 e. The van der Waals surface area contributed by atoms with Gasteiger partial charge in [0.25, 0.3) is 0 Å². The molecule has 0 N–H and O–H groups in total. The largest absolute Gasteiger partial charge is 0.573 e. The van der Waals surface area contributed by atoms with Gasteiger partial charge in [-0.25, -0.2) is 9.97 Å². The number of rotatable bonds is 4. The van der Waals surface area contributed by atoms with Gasteiger partial charge in [-0.3, -0.25) is 0 Å². The topological polar surface area (TPSA) is 38.2 Å². The van der Waals surface area contributed by atoms with E-state index in [0.717, 1.165) is 30.7 Å². The predicted octanol–water partition coefficient (Wildman–Crippen LogP) is 5.69. The molecule has 28 heavy (non-hydrogen) atoms. The van der Waals surface area contributed by atoms with Crippen LogP contribution in [-0.4, -0.2) is 29.4 Å². The van der Waals surface area contributed by atoms with E-state index in [1.807, 2.05) is 0 Å². The molecule has 1 aromatic carbocycles. The van der Waals surface area contributed by atoms with Gasteiger partial charge in [0, 0.05) is 13.1 Å². The van der Waals surface area contributed by atoms with Gasteiger partial charge in [0.2, 0.25) is 0 Å². The van der Waals surface area contributed by atoms with Gasteiger partial charge < -0.3 is 9.64 Å². The lowest BCUT2D eigenvalue weighted by Gasteiger charge is -2.39. The fraction of sp³-hybridized carbons (Fsp3) is 0.500. The molecule has 2 aliphatic rings. The summed E-state index contributed by atoms with van der Waals surface area (Å²) in [5, 5.41) is 0.534. The zero-order chi connectivity index (χ0) is 19.6. The Hall–Kier alpha value is -1.96. The van der Waals surface area contributed by atoms with Crippen molar-refractivity contribution in [2.45, 2.75) is 54.8 Å². The van der Waals surface area contributed by atoms with E-state index in [1.54, 1.807) is 24.5 Å². The number of ether oxygens (including phenoxy) is 1. The summed E-state index contributed by atoms with van der Waals surface area (Å²) < 4.78 is 41.8. The molecular formula is C20H22F3N3OS. The van der Waals surface area contributed by atoms with Gasteiger partial charge in [0.1, 0.15) is 16.6 Å². The monoisotopic (exact) mass is 409 g/mol. The Bertz CT molecular complexity index is 797. The zero-order valence-corrected chi connectivity index (χ0v) is 16.2. The van der Waals surface area contributed by atoms with Gasteiger partial charge in [0.15, 0.2) is 0 Å². The summed E-state index contributed by atoms with van der Waals surface area (Å²) in [5.74, 6) is 0.598. The van der Waals surface area contributed by atoms with Crippen LogP contribution >= 0.6 is 11.8 Å². The van der Waals surface area contributed by atoms with Crippen LogP contribution in [0, 0.1) is 5.41 Å². The molecule has 1 spiro atoms. The van der Waals surface area contributed by atoms with Crippen molar-refractivity contribution >= 4 is 17.6 Å². The number of hydrogen-bond acceptors (Lipinski definition) is 5. The van der Waals surface area contributed by atoms with E-state index >= 15 is 0 Å². The first-order valence-corrected chi connectivity index (χ1v) is 10.3. The van der Waals surface area contributed by atoms with Crippen LogP contribution in [0.25, 0.3) is 0 Å². The first kappa shape index (κ1) is 19.4. The summed E-state index contributed by atoms with van der Waals surface area (Å²) in [6.45, 7) is 1.98. The summed E-state index contributed by atoms with van der Waals surface area (Å²) in [7, 11) is 0. The molecule has 0 bridgehead atoms. The molecule has 0 radical (unpaired) electrons. The van der Waals surface area contributed by atoms with Crippen LogP contribution in [0.5, 0.6) is 5.75 Å². The molecule has 0 amide bonds. The highest BCUT2D eigenvalue weighted by molar-refractivity contribution is 7.99. The van der Waals surface area contributed by atoms with Crippen molar-refractivity contribution in [1.82, 2.24) is 9.97 Å². The number of para-hydroxylation sites is 1. The lowest BCUT2D eigenvalue weighted by atomic mass is 9.77. The second-order valence-electron chi connectivity index (χ2n) is 7.50. The van der Waals surface area contributed by atoms with Gasteiger partial charge in [-0.2, -0.15) is 0 Å². The number of anilines is 1. The molecule has 2 aromatic rings. The molecule has 1 saturated carbocycles. The first-order chi connectivity index (χ1) is 13.4. The summed E-state index contributed by atoms with van der Waals surface area (Å²) in [4.78, 5) is 11.5. The van der Waals surface area contributed by atoms with E-state index in [-0.39, 0.29) is 5.75 Å². The second kappa shape index (κ2) is 7.81. The Labute approximate surface area is 166 Å². The molecule has 4 rings (SSSR count). The van der Waals surface area contributed by atoms with Crippen LogP contribution in [0.15, 0.2) is 46.6 Å². The average Bonchev–Trinajstić information content (AvgIpc) is 3.12. The molecule has 2 heterocycles. The van der Waals surface area contributed by atoms with Crippen LogP contribution < -0.4 is 9.64 Å². The van der Waals surface area contributed by atoms with Gasteiger partial charge in [-0.15, -0.1) is 13.2 Å². The summed E-state index contributed by atoms with van der Waals surface area (Å²) >= 11 is 1.11. The quantitative estimate of drug-likeness (QED) is 0.649. The number of hydrogen-bond donors (Lipinski definition) is 0. The number of aromatic nitrogens is 2. The van der Waals surface area contributed by atoms with Gasteiger partial charge >= 0.3 is 6.36 Å². The van der Waals surface area contributed by atoms with Crippen molar-refractivity contribution in [2.75, 3.05) is 18.0 Å². The lowest BCUT2D eigenvalue weighted by molar-refractivity contribution is -0.275. The Morgan fingerprint density at radius 3 is 2.32 bits per heavy atom. The molecule has 1 aromatic heterocycles. The molecule has 1 aliphatic carbocycles. The Kier molecular flexibility index (Phi) is 5.40. The lowest BCUT2D eigenvalue weighted by Crippen LogP contribution is -2.39. The van der Waals surface area contributed by atoms with E-state index in [2.05, 4.69) is 19.6 Å². The van der Waals surface area contributed by atoms with E-state index in [1.165, 1.54) is 50.7 Å². The minimum Gasteiger partial charge on any atom is -0.405 e. The predicted molar refractivity (Wildman–Crippen MR) is 102 cm³/mol. The molecule has 1 aliphatic heterocycles. The van der Waals surface area contributed by atoms with E-state index in [4.69, 9.17) is 0 Å². The maximum Gasteiger partial charge on any atom is 0.573 e. The Balaban J connectivity index is 1.41. The average molecular weight is 409 g/mol. The van der Waals surface area contributed by atoms with Crippen molar-refractivity contribution in [3.63, 3.8) is 0 Å². The molecule has 0 atom stereocenters. The van der Waals surface area contributed by atoms with Crippen molar-refractivity contribution in [1.29, 1.82) is 0 Å². The number of alkyl halides is 3. The SMILES string of the molecule is FC(F)(F)Oc1ccccc1Sc1cnc(N2CCC3(CCCC3)CC2)cn1. The van der Waals surface area contributed by atoms with Crippen molar-refractivity contribution in [2.24, 2.45) is 5.41 Å². The van der Waals surface area contributed by atoms with Crippen LogP contribution in [0.1, 0.15) is 38.5 Å². The highest BCUT2D eigenvalue weighted by Crippen LogP contribution is 2.46. The van der Waals surface area contributed by atoms with Crippen LogP contribution in [-0.2, 0) is 0 Å². The fourth-order valence-corrected chi connectivity index (χ4v) is 5.01. The molecule has 150 valence electrons. The van der Waals surface area contributed by atoms with E-state index in [0.29, 0.717) is 15.3 Å². The highest BCUT2D eigenvalue weighted by atomic mass is 32.2. The molecular weight excluding hydrogens is 387 g/mol. The van der Waals surface area contributed by atoms with Gasteiger partial charge in [0.05, 0.1) is 17.3 Å². The first-order valence-electron chi connectivity index (χ1n) is 9.52. The van der Waals surface area contributed by atoms with Gasteiger partial charge in [-0.1, -0.05) is 36.7 Å². The maximum absolute atomic E-state index is 12.6. The normalized spacial score (nSPS) is 19.2. The van der Waals surface area contributed by atoms with Crippen molar-refractivity contribution in [3.8, 4) is 5.75 Å². The summed E-state index contributed by atoms with van der Waals surface area (Å²) in [6, 6.07) is 6.05. The zero-order valence-electron chi connectivity index (χ0n) is 15.4. The third-order valence-electron chi connectivity index (χ3n) is 5.72. The van der Waals surface area contributed by atoms with Crippen molar-refractivity contribution in [3.05, 3.63) is 36.7 Å². The minimum absolute atomic E-state index is 0.233. The number of benzene rings is 1. The number of nitrogens with zero attached hydrogens (tertiary/aromatic N) is 3. The molecule has 2 fully saturated rings. The van der Waals surface area contributed by atoms with E-state index in [9.17, 15) is 13.2 Å². The molecule has 4 nitrogen and oxygen atoms in total. The van der Waals surface area contributed by atoms with Crippen LogP contribution in [0.2, 0.25) is 0 Å². The molecule has 1 saturated heterocycles. The Morgan fingerprint density at radius 1 is 0.964 bits per heavy atom. The minimum atomic E-state index is -4.73. The maximum atomic E-state index is 12.6. The number of halogens is 3.